The van der Waals surface area contributed by atoms with E-state index in [1.165, 1.54) is 12.8 Å². The molecular formula is C14H22N2O2S. The van der Waals surface area contributed by atoms with Crippen LogP contribution in [0.1, 0.15) is 25.3 Å². The highest BCUT2D eigenvalue weighted by atomic mass is 32.2. The quantitative estimate of drug-likeness (QED) is 0.895. The molecular weight excluding hydrogens is 260 g/mol. The number of sulfonamides is 1. The number of benzene rings is 1. The first-order chi connectivity index (χ1) is 9.00. The molecule has 5 heteroatoms. The Morgan fingerprint density at radius 3 is 2.53 bits per heavy atom. The summed E-state index contributed by atoms with van der Waals surface area (Å²) in [7, 11) is -3.39. The van der Waals surface area contributed by atoms with Gasteiger partial charge in [0.2, 0.25) is 10.0 Å². The minimum atomic E-state index is -3.39. The van der Waals surface area contributed by atoms with Crippen LogP contribution in [0.15, 0.2) is 29.2 Å². The van der Waals surface area contributed by atoms with Crippen molar-refractivity contribution in [3.8, 4) is 0 Å². The van der Waals surface area contributed by atoms with Gasteiger partial charge < -0.3 is 0 Å². The lowest BCUT2D eigenvalue weighted by molar-refractivity contribution is 0.260. The third-order valence-electron chi connectivity index (χ3n) is 3.72. The van der Waals surface area contributed by atoms with Crippen molar-refractivity contribution in [2.45, 2.75) is 37.6 Å². The molecule has 2 rings (SSSR count). The second-order valence-corrected chi connectivity index (χ2v) is 6.94. The Morgan fingerprint density at radius 1 is 1.26 bits per heavy atom. The number of nitrogens with one attached hydrogen (secondary N) is 1. The number of hydrogen-bond donors (Lipinski definition) is 1. The molecule has 0 spiro atoms. The summed E-state index contributed by atoms with van der Waals surface area (Å²) < 4.78 is 27.2. The van der Waals surface area contributed by atoms with Gasteiger partial charge in [0.15, 0.2) is 0 Å². The van der Waals surface area contributed by atoms with E-state index in [2.05, 4.69) is 16.5 Å². The first-order valence-electron chi connectivity index (χ1n) is 6.80. The Kier molecular flexibility index (Phi) is 4.60. The molecule has 1 aliphatic heterocycles. The number of nitrogens with zero attached hydrogens (tertiary/aromatic N) is 1. The molecule has 1 heterocycles. The fourth-order valence-corrected chi connectivity index (χ4v) is 3.84. The molecule has 0 bridgehead atoms. The van der Waals surface area contributed by atoms with Crippen molar-refractivity contribution in [1.82, 2.24) is 9.62 Å². The fourth-order valence-electron chi connectivity index (χ4n) is 2.48. The summed E-state index contributed by atoms with van der Waals surface area (Å²) in [4.78, 5) is 2.71. The van der Waals surface area contributed by atoms with Crippen LogP contribution in [0.5, 0.6) is 0 Å². The normalized spacial score (nSPS) is 18.6. The van der Waals surface area contributed by atoms with Crippen molar-refractivity contribution in [3.63, 3.8) is 0 Å². The van der Waals surface area contributed by atoms with Crippen LogP contribution in [0.2, 0.25) is 0 Å². The molecule has 1 aromatic rings. The van der Waals surface area contributed by atoms with Gasteiger partial charge in [-0.25, -0.2) is 13.1 Å². The van der Waals surface area contributed by atoms with Crippen LogP contribution in [0, 0.1) is 6.92 Å². The van der Waals surface area contributed by atoms with Gasteiger partial charge in [-0.1, -0.05) is 18.2 Å². The van der Waals surface area contributed by atoms with Gasteiger partial charge in [0.1, 0.15) is 0 Å². The topological polar surface area (TPSA) is 49.4 Å². The molecule has 19 heavy (non-hydrogen) atoms. The minimum Gasteiger partial charge on any atom is -0.299 e. The van der Waals surface area contributed by atoms with E-state index in [1.54, 1.807) is 12.1 Å². The molecule has 1 unspecified atom stereocenters. The zero-order chi connectivity index (χ0) is 13.9. The predicted octanol–water partition coefficient (Wildman–Crippen LogP) is 1.76. The van der Waals surface area contributed by atoms with E-state index >= 15 is 0 Å². The van der Waals surface area contributed by atoms with E-state index in [0.29, 0.717) is 11.4 Å². The van der Waals surface area contributed by atoms with Crippen LogP contribution in [-0.2, 0) is 10.0 Å². The maximum atomic E-state index is 12.2. The van der Waals surface area contributed by atoms with Crippen LogP contribution in [0.25, 0.3) is 0 Å². The fraction of sp³-hybridized carbons (Fsp3) is 0.571. The van der Waals surface area contributed by atoms with Crippen molar-refractivity contribution in [1.29, 1.82) is 0 Å². The standard InChI is InChI=1S/C14H22N2O2S/c1-12-7-3-4-8-14(12)19(17,18)15-11-13(2)16-9-5-6-10-16/h3-4,7-8,13,15H,5-6,9-11H2,1-2H3. The average Bonchev–Trinajstić information content (AvgIpc) is 2.90. The molecule has 1 atom stereocenters. The highest BCUT2D eigenvalue weighted by Crippen LogP contribution is 2.15. The molecule has 1 saturated heterocycles. The summed E-state index contributed by atoms with van der Waals surface area (Å²) in [5, 5.41) is 0. The summed E-state index contributed by atoms with van der Waals surface area (Å²) in [5.74, 6) is 0. The van der Waals surface area contributed by atoms with E-state index < -0.39 is 10.0 Å². The van der Waals surface area contributed by atoms with E-state index in [4.69, 9.17) is 0 Å². The summed E-state index contributed by atoms with van der Waals surface area (Å²) in [6.07, 6.45) is 2.43. The Labute approximate surface area is 115 Å². The number of likely N-dealkylation sites (tertiary alicyclic amines) is 1. The molecule has 4 nitrogen and oxygen atoms in total. The zero-order valence-corrected chi connectivity index (χ0v) is 12.4. The Hall–Kier alpha value is -0.910. The van der Waals surface area contributed by atoms with Crippen molar-refractivity contribution in [2.75, 3.05) is 19.6 Å². The SMILES string of the molecule is Cc1ccccc1S(=O)(=O)NCC(C)N1CCCC1. The first-order valence-corrected chi connectivity index (χ1v) is 8.28. The van der Waals surface area contributed by atoms with Crippen molar-refractivity contribution >= 4 is 10.0 Å². The highest BCUT2D eigenvalue weighted by molar-refractivity contribution is 7.89. The predicted molar refractivity (Wildman–Crippen MR) is 76.6 cm³/mol. The maximum absolute atomic E-state index is 12.2. The van der Waals surface area contributed by atoms with E-state index in [1.807, 2.05) is 19.1 Å². The summed E-state index contributed by atoms with van der Waals surface area (Å²) in [6, 6.07) is 7.32. The molecule has 0 saturated carbocycles. The van der Waals surface area contributed by atoms with Crippen LogP contribution in [0.3, 0.4) is 0 Å². The van der Waals surface area contributed by atoms with Gasteiger partial charge in [-0.15, -0.1) is 0 Å². The molecule has 1 aliphatic rings. The van der Waals surface area contributed by atoms with Gasteiger partial charge in [0.25, 0.3) is 0 Å². The van der Waals surface area contributed by atoms with Crippen LogP contribution >= 0.6 is 0 Å². The Morgan fingerprint density at radius 2 is 1.89 bits per heavy atom. The van der Waals surface area contributed by atoms with Crippen LogP contribution in [-0.4, -0.2) is 39.0 Å². The number of aryl methyl sites for hydroxylation is 1. The summed E-state index contributed by atoms with van der Waals surface area (Å²) >= 11 is 0. The smallest absolute Gasteiger partial charge is 0.240 e. The zero-order valence-electron chi connectivity index (χ0n) is 11.6. The largest absolute Gasteiger partial charge is 0.299 e. The van der Waals surface area contributed by atoms with Crippen LogP contribution in [0.4, 0.5) is 0 Å². The van der Waals surface area contributed by atoms with Crippen LogP contribution < -0.4 is 4.72 Å². The highest BCUT2D eigenvalue weighted by Gasteiger charge is 2.21. The molecule has 0 radical (unpaired) electrons. The second-order valence-electron chi connectivity index (χ2n) is 5.21. The lowest BCUT2D eigenvalue weighted by atomic mass is 10.2. The van der Waals surface area contributed by atoms with Crippen molar-refractivity contribution in [2.24, 2.45) is 0 Å². The third kappa shape index (κ3) is 3.55. The molecule has 1 fully saturated rings. The lowest BCUT2D eigenvalue weighted by Gasteiger charge is -2.23. The lowest BCUT2D eigenvalue weighted by Crippen LogP contribution is -2.40. The number of rotatable bonds is 5. The third-order valence-corrected chi connectivity index (χ3v) is 5.30. The summed E-state index contributed by atoms with van der Waals surface area (Å²) in [5.41, 5.74) is 0.781. The average molecular weight is 282 g/mol. The molecule has 1 N–H and O–H groups in total. The summed E-state index contributed by atoms with van der Waals surface area (Å²) in [6.45, 7) is 6.52. The molecule has 1 aromatic carbocycles. The maximum Gasteiger partial charge on any atom is 0.240 e. The van der Waals surface area contributed by atoms with Crippen molar-refractivity contribution in [3.05, 3.63) is 29.8 Å². The molecule has 0 amide bonds. The first kappa shape index (κ1) is 14.5. The minimum absolute atomic E-state index is 0.251. The van der Waals surface area contributed by atoms with Gasteiger partial charge in [0.05, 0.1) is 4.90 Å². The monoisotopic (exact) mass is 282 g/mol. The van der Waals surface area contributed by atoms with Gasteiger partial charge in [-0.2, -0.15) is 0 Å². The van der Waals surface area contributed by atoms with Gasteiger partial charge >= 0.3 is 0 Å². The van der Waals surface area contributed by atoms with Gasteiger partial charge in [0, 0.05) is 12.6 Å². The molecule has 106 valence electrons. The second kappa shape index (κ2) is 6.03. The molecule has 0 aromatic heterocycles. The molecule has 0 aliphatic carbocycles. The van der Waals surface area contributed by atoms with E-state index in [9.17, 15) is 8.42 Å². The Balaban J connectivity index is 2.00. The van der Waals surface area contributed by atoms with Gasteiger partial charge in [-0.3, -0.25) is 4.90 Å². The number of hydrogen-bond acceptors (Lipinski definition) is 3. The van der Waals surface area contributed by atoms with Gasteiger partial charge in [-0.05, 0) is 51.4 Å². The van der Waals surface area contributed by atoms with E-state index in [0.717, 1.165) is 18.7 Å². The Bertz CT molecular complexity index is 522. The van der Waals surface area contributed by atoms with Crippen molar-refractivity contribution < 1.29 is 8.42 Å². The van der Waals surface area contributed by atoms with E-state index in [-0.39, 0.29) is 6.04 Å².